The molecule has 0 atom stereocenters. The molecule has 10 nitrogen and oxygen atoms in total. The average molecular weight is 490 g/mol. The number of rotatable bonds is 5. The Labute approximate surface area is 197 Å². The molecule has 1 saturated heterocycles. The van der Waals surface area contributed by atoms with E-state index in [9.17, 15) is 28.1 Å². The predicted octanol–water partition coefficient (Wildman–Crippen LogP) is 4.78. The fourth-order valence-electron chi connectivity index (χ4n) is 3.77. The molecule has 1 aromatic heterocycles. The van der Waals surface area contributed by atoms with Crippen molar-refractivity contribution in [3.63, 3.8) is 0 Å². The van der Waals surface area contributed by atoms with Gasteiger partial charge in [0.1, 0.15) is 5.75 Å². The second kappa shape index (κ2) is 9.60. The van der Waals surface area contributed by atoms with E-state index >= 15 is 0 Å². The fraction of sp³-hybridized carbons (Fsp3) is 0.318. The highest BCUT2D eigenvalue weighted by Gasteiger charge is 2.41. The van der Waals surface area contributed by atoms with Gasteiger partial charge in [0.2, 0.25) is 5.95 Å². The Morgan fingerprint density at radius 2 is 1.74 bits per heavy atom. The number of hydrogen-bond acceptors (Lipinski definition) is 7. The smallest absolute Gasteiger partial charge is 0.410 e. The summed E-state index contributed by atoms with van der Waals surface area (Å²) in [4.78, 5) is 28.5. The molecule has 0 saturated carbocycles. The summed E-state index contributed by atoms with van der Waals surface area (Å²) in [6, 6.07) is 11.7. The second-order valence-electron chi connectivity index (χ2n) is 8.00. The second-order valence-corrected chi connectivity index (χ2v) is 8.00. The summed E-state index contributed by atoms with van der Waals surface area (Å²) >= 11 is 0. The number of nitro benzene ring substituents is 1. The molecule has 13 heteroatoms. The Balaban J connectivity index is 1.36. The van der Waals surface area contributed by atoms with E-state index in [1.165, 1.54) is 28.9 Å². The number of amides is 1. The van der Waals surface area contributed by atoms with Crippen LogP contribution in [0.4, 0.5) is 35.3 Å². The number of alkyl halides is 3. The molecule has 0 spiro atoms. The van der Waals surface area contributed by atoms with Crippen LogP contribution in [0, 0.1) is 16.0 Å². The number of ether oxygens (including phenoxy) is 1. The van der Waals surface area contributed by atoms with Crippen molar-refractivity contribution in [2.75, 3.05) is 23.3 Å². The van der Waals surface area contributed by atoms with E-state index in [1.807, 2.05) is 0 Å². The van der Waals surface area contributed by atoms with Crippen LogP contribution in [0.2, 0.25) is 0 Å². The lowest BCUT2D eigenvalue weighted by atomic mass is 9.96. The molecule has 184 valence electrons. The largest absolute Gasteiger partial charge is 0.417 e. The maximum Gasteiger partial charge on any atom is 0.417 e. The summed E-state index contributed by atoms with van der Waals surface area (Å²) in [6.07, 6.45) is -4.92. The Kier molecular flexibility index (Phi) is 6.58. The average Bonchev–Trinajstić information content (AvgIpc) is 3.21. The standard InChI is InChI=1S/C22H21F3N6O4/c1-29-20(30-12-10-15(11-13-30)22(23,24)25)27-19(28-29)14-2-4-16(5-3-14)26-21(32)35-18-8-6-17(7-9-18)31(33)34/h2-9,15H,10-13H2,1H3,(H,26,32). The molecule has 2 aromatic carbocycles. The van der Waals surface area contributed by atoms with E-state index in [0.29, 0.717) is 23.0 Å². The summed E-state index contributed by atoms with van der Waals surface area (Å²) in [5.74, 6) is -0.247. The van der Waals surface area contributed by atoms with Crippen LogP contribution >= 0.6 is 0 Å². The lowest BCUT2D eigenvalue weighted by molar-refractivity contribution is -0.384. The Morgan fingerprint density at radius 1 is 1.11 bits per heavy atom. The lowest BCUT2D eigenvalue weighted by Crippen LogP contribution is -2.40. The molecule has 1 amide bonds. The van der Waals surface area contributed by atoms with Crippen molar-refractivity contribution >= 4 is 23.4 Å². The van der Waals surface area contributed by atoms with E-state index in [0.717, 1.165) is 0 Å². The number of anilines is 2. The van der Waals surface area contributed by atoms with Crippen molar-refractivity contribution in [3.05, 3.63) is 58.6 Å². The normalized spacial score (nSPS) is 14.6. The Hall–Kier alpha value is -4.16. The van der Waals surface area contributed by atoms with Crippen molar-refractivity contribution in [1.29, 1.82) is 0 Å². The number of hydrogen-bond donors (Lipinski definition) is 1. The van der Waals surface area contributed by atoms with Gasteiger partial charge in [0.15, 0.2) is 5.82 Å². The van der Waals surface area contributed by atoms with E-state index < -0.39 is 23.1 Å². The monoisotopic (exact) mass is 490 g/mol. The highest BCUT2D eigenvalue weighted by atomic mass is 19.4. The number of carbonyl (C=O) groups is 1. The third-order valence-corrected chi connectivity index (χ3v) is 5.63. The van der Waals surface area contributed by atoms with Crippen LogP contribution in [0.5, 0.6) is 5.75 Å². The summed E-state index contributed by atoms with van der Waals surface area (Å²) in [5, 5.41) is 17.6. The minimum Gasteiger partial charge on any atom is -0.410 e. The van der Waals surface area contributed by atoms with Crippen LogP contribution in [0.15, 0.2) is 48.5 Å². The third-order valence-electron chi connectivity index (χ3n) is 5.63. The summed E-state index contributed by atoms with van der Waals surface area (Å²) in [7, 11) is 1.69. The van der Waals surface area contributed by atoms with Crippen molar-refractivity contribution in [1.82, 2.24) is 14.8 Å². The van der Waals surface area contributed by atoms with Crippen LogP contribution in [-0.4, -0.2) is 45.0 Å². The van der Waals surface area contributed by atoms with E-state index in [2.05, 4.69) is 15.4 Å². The number of nitrogens with one attached hydrogen (secondary N) is 1. The first-order valence-electron chi connectivity index (χ1n) is 10.7. The SMILES string of the molecule is Cn1nc(-c2ccc(NC(=O)Oc3ccc([N+](=O)[O-])cc3)cc2)nc1N1CCC(C(F)(F)F)CC1. The third kappa shape index (κ3) is 5.67. The number of aromatic nitrogens is 3. The van der Waals surface area contributed by atoms with Gasteiger partial charge in [0, 0.05) is 43.5 Å². The zero-order valence-electron chi connectivity index (χ0n) is 18.5. The highest BCUT2D eigenvalue weighted by molar-refractivity contribution is 5.86. The number of non-ortho nitro benzene ring substituents is 1. The van der Waals surface area contributed by atoms with Crippen LogP contribution in [0.25, 0.3) is 11.4 Å². The molecule has 4 rings (SSSR count). The topological polar surface area (TPSA) is 115 Å². The van der Waals surface area contributed by atoms with Gasteiger partial charge in [-0.05, 0) is 49.2 Å². The molecular formula is C22H21F3N6O4. The molecule has 1 fully saturated rings. The predicted molar refractivity (Wildman–Crippen MR) is 120 cm³/mol. The molecule has 2 heterocycles. The van der Waals surface area contributed by atoms with Crippen molar-refractivity contribution in [2.45, 2.75) is 19.0 Å². The van der Waals surface area contributed by atoms with Gasteiger partial charge in [-0.3, -0.25) is 15.4 Å². The lowest BCUT2D eigenvalue weighted by Gasteiger charge is -2.33. The van der Waals surface area contributed by atoms with Gasteiger partial charge in [0.25, 0.3) is 5.69 Å². The molecule has 1 N–H and O–H groups in total. The van der Waals surface area contributed by atoms with E-state index in [-0.39, 0.29) is 37.4 Å². The fourth-order valence-corrected chi connectivity index (χ4v) is 3.77. The Morgan fingerprint density at radius 3 is 2.31 bits per heavy atom. The summed E-state index contributed by atoms with van der Waals surface area (Å²) in [6.45, 7) is 0.492. The Bertz CT molecular complexity index is 1200. The van der Waals surface area contributed by atoms with Gasteiger partial charge >= 0.3 is 12.3 Å². The maximum atomic E-state index is 12.9. The first kappa shape index (κ1) is 24.0. The van der Waals surface area contributed by atoms with Crippen molar-refractivity contribution < 1.29 is 27.6 Å². The van der Waals surface area contributed by atoms with Gasteiger partial charge < -0.3 is 9.64 Å². The van der Waals surface area contributed by atoms with Gasteiger partial charge in [-0.25, -0.2) is 9.48 Å². The van der Waals surface area contributed by atoms with Gasteiger partial charge in [-0.15, -0.1) is 5.10 Å². The minimum atomic E-state index is -4.18. The molecule has 0 bridgehead atoms. The maximum absolute atomic E-state index is 12.9. The number of nitro groups is 1. The molecule has 0 radical (unpaired) electrons. The highest BCUT2D eigenvalue weighted by Crippen LogP contribution is 2.35. The molecule has 3 aromatic rings. The molecule has 1 aliphatic rings. The van der Waals surface area contributed by atoms with Crippen molar-refractivity contribution in [3.8, 4) is 17.1 Å². The quantitative estimate of drug-likeness (QED) is 0.404. The number of piperidine rings is 1. The molecule has 35 heavy (non-hydrogen) atoms. The van der Waals surface area contributed by atoms with Gasteiger partial charge in [-0.1, -0.05) is 0 Å². The number of halogens is 3. The van der Waals surface area contributed by atoms with E-state index in [4.69, 9.17) is 4.74 Å². The zero-order valence-corrected chi connectivity index (χ0v) is 18.5. The minimum absolute atomic E-state index is 0.0159. The van der Waals surface area contributed by atoms with E-state index in [1.54, 1.807) is 36.2 Å². The summed E-state index contributed by atoms with van der Waals surface area (Å²) < 4.78 is 45.4. The van der Waals surface area contributed by atoms with Gasteiger partial charge in [-0.2, -0.15) is 18.2 Å². The number of nitrogens with zero attached hydrogens (tertiary/aromatic N) is 5. The first-order valence-corrected chi connectivity index (χ1v) is 10.7. The first-order chi connectivity index (χ1) is 16.6. The number of carbonyl (C=O) groups excluding carboxylic acids is 1. The van der Waals surface area contributed by atoms with Crippen LogP contribution in [-0.2, 0) is 7.05 Å². The van der Waals surface area contributed by atoms with Crippen LogP contribution < -0.4 is 15.0 Å². The molecule has 1 aliphatic heterocycles. The number of benzene rings is 2. The van der Waals surface area contributed by atoms with Crippen LogP contribution in [0.3, 0.4) is 0 Å². The summed E-state index contributed by atoms with van der Waals surface area (Å²) in [5.41, 5.74) is 0.975. The molecule has 0 unspecified atom stereocenters. The molecule has 0 aliphatic carbocycles. The zero-order chi connectivity index (χ0) is 25.2. The van der Waals surface area contributed by atoms with Crippen LogP contribution in [0.1, 0.15) is 12.8 Å². The molecular weight excluding hydrogens is 469 g/mol. The van der Waals surface area contributed by atoms with Crippen molar-refractivity contribution in [2.24, 2.45) is 13.0 Å². The number of aryl methyl sites for hydroxylation is 1. The van der Waals surface area contributed by atoms with Gasteiger partial charge in [0.05, 0.1) is 10.8 Å².